The molecule has 5 nitrogen and oxygen atoms in total. The molecule has 0 aliphatic carbocycles. The molecule has 1 fully saturated rings. The largest absolute Gasteiger partial charge is 0.478 e. The molecule has 1 saturated heterocycles. The number of nitrogens with two attached hydrogens (primary N) is 1. The van der Waals surface area contributed by atoms with E-state index in [1.807, 2.05) is 11.8 Å². The third-order valence-electron chi connectivity index (χ3n) is 2.95. The maximum absolute atomic E-state index is 10.9. The van der Waals surface area contributed by atoms with Gasteiger partial charge in [0.2, 0.25) is 0 Å². The lowest BCUT2D eigenvalue weighted by Gasteiger charge is -2.38. The molecule has 17 heavy (non-hydrogen) atoms. The molecule has 5 heteroatoms. The first-order chi connectivity index (χ1) is 8.13. The number of anilines is 2. The summed E-state index contributed by atoms with van der Waals surface area (Å²) in [5, 5.41) is 8.97. The lowest BCUT2D eigenvalue weighted by atomic mass is 10.1. The molecule has 1 aromatic rings. The van der Waals surface area contributed by atoms with Crippen molar-refractivity contribution in [2.24, 2.45) is 0 Å². The molecule has 0 spiro atoms. The number of hydrogen-bond acceptors (Lipinski definition) is 4. The molecule has 1 heterocycles. The summed E-state index contributed by atoms with van der Waals surface area (Å²) in [6.45, 7) is 3.48. The summed E-state index contributed by atoms with van der Waals surface area (Å²) in [4.78, 5) is 12.9. The van der Waals surface area contributed by atoms with E-state index < -0.39 is 5.97 Å². The number of rotatable bonds is 4. The van der Waals surface area contributed by atoms with Gasteiger partial charge in [-0.15, -0.1) is 0 Å². The van der Waals surface area contributed by atoms with E-state index in [2.05, 4.69) is 0 Å². The number of carboxylic acids is 1. The highest BCUT2D eigenvalue weighted by Crippen LogP contribution is 2.30. The lowest BCUT2D eigenvalue weighted by Crippen LogP contribution is -2.45. The highest BCUT2D eigenvalue weighted by atomic mass is 16.5. The van der Waals surface area contributed by atoms with Crippen LogP contribution in [0.3, 0.4) is 0 Å². The quantitative estimate of drug-likeness (QED) is 0.775. The van der Waals surface area contributed by atoms with E-state index >= 15 is 0 Å². The zero-order valence-electron chi connectivity index (χ0n) is 9.72. The van der Waals surface area contributed by atoms with Gasteiger partial charge in [0.25, 0.3) is 0 Å². The van der Waals surface area contributed by atoms with Crippen molar-refractivity contribution in [1.29, 1.82) is 0 Å². The van der Waals surface area contributed by atoms with Crippen molar-refractivity contribution in [3.05, 3.63) is 23.8 Å². The Balaban J connectivity index is 2.33. The maximum Gasteiger partial charge on any atom is 0.335 e. The molecule has 0 amide bonds. The Morgan fingerprint density at radius 1 is 1.65 bits per heavy atom. The molecule has 1 aliphatic heterocycles. The van der Waals surface area contributed by atoms with Gasteiger partial charge in [-0.25, -0.2) is 4.79 Å². The summed E-state index contributed by atoms with van der Waals surface area (Å²) in [5.41, 5.74) is 7.44. The van der Waals surface area contributed by atoms with Gasteiger partial charge in [0, 0.05) is 13.0 Å². The Morgan fingerprint density at radius 2 is 2.35 bits per heavy atom. The van der Waals surface area contributed by atoms with Gasteiger partial charge in [-0.3, -0.25) is 0 Å². The Kier molecular flexibility index (Phi) is 3.19. The molecule has 2 rings (SSSR count). The predicted molar refractivity (Wildman–Crippen MR) is 65.2 cm³/mol. The standard InChI is InChI=1S/C12H16N2O3/c1-2-14(11-5-6-17-11)10-7-8(12(15)16)3-4-9(10)13/h3-4,7,11H,2,5-6,13H2,1H3,(H,15,16)/t11-/m0/s1. The number of aromatic carboxylic acids is 1. The van der Waals surface area contributed by atoms with Crippen molar-refractivity contribution in [3.63, 3.8) is 0 Å². The molecule has 92 valence electrons. The van der Waals surface area contributed by atoms with Crippen LogP contribution in [0.5, 0.6) is 0 Å². The van der Waals surface area contributed by atoms with Crippen LogP contribution in [0.25, 0.3) is 0 Å². The van der Waals surface area contributed by atoms with Gasteiger partial charge in [0.1, 0.15) is 6.23 Å². The number of hydrogen-bond donors (Lipinski definition) is 2. The van der Waals surface area contributed by atoms with E-state index in [1.165, 1.54) is 6.07 Å². The summed E-state index contributed by atoms with van der Waals surface area (Å²) in [6.07, 6.45) is 0.969. The van der Waals surface area contributed by atoms with Gasteiger partial charge >= 0.3 is 5.97 Å². The molecule has 1 aliphatic rings. The third kappa shape index (κ3) is 2.19. The minimum absolute atomic E-state index is 0.0198. The topological polar surface area (TPSA) is 75.8 Å². The highest BCUT2D eigenvalue weighted by Gasteiger charge is 2.26. The van der Waals surface area contributed by atoms with Gasteiger partial charge < -0.3 is 20.5 Å². The van der Waals surface area contributed by atoms with Gasteiger partial charge in [0.15, 0.2) is 0 Å². The van der Waals surface area contributed by atoms with Crippen molar-refractivity contribution in [3.8, 4) is 0 Å². The van der Waals surface area contributed by atoms with Gasteiger partial charge in [-0.1, -0.05) is 0 Å². The fraction of sp³-hybridized carbons (Fsp3) is 0.417. The first kappa shape index (κ1) is 11.7. The smallest absolute Gasteiger partial charge is 0.335 e. The molecule has 0 saturated carbocycles. The maximum atomic E-state index is 10.9. The van der Waals surface area contributed by atoms with Crippen LogP contribution in [0.4, 0.5) is 11.4 Å². The number of carbonyl (C=O) groups is 1. The molecule has 0 radical (unpaired) electrons. The van der Waals surface area contributed by atoms with Crippen molar-refractivity contribution < 1.29 is 14.6 Å². The number of carboxylic acid groups (broad SMARTS) is 1. The third-order valence-corrected chi connectivity index (χ3v) is 2.95. The molecule has 0 unspecified atom stereocenters. The van der Waals surface area contributed by atoms with E-state index in [1.54, 1.807) is 12.1 Å². The van der Waals surface area contributed by atoms with E-state index in [0.717, 1.165) is 25.3 Å². The second-order valence-corrected chi connectivity index (χ2v) is 3.98. The van der Waals surface area contributed by atoms with Crippen LogP contribution >= 0.6 is 0 Å². The van der Waals surface area contributed by atoms with Crippen LogP contribution in [0, 0.1) is 0 Å². The van der Waals surface area contributed by atoms with E-state index in [-0.39, 0.29) is 11.8 Å². The Labute approximate surface area is 99.8 Å². The van der Waals surface area contributed by atoms with E-state index in [0.29, 0.717) is 5.69 Å². The second-order valence-electron chi connectivity index (χ2n) is 3.98. The summed E-state index contributed by atoms with van der Waals surface area (Å²) in [5.74, 6) is -0.947. The Bertz CT molecular complexity index is 430. The molecule has 1 atom stereocenters. The molecule has 3 N–H and O–H groups in total. The van der Waals surface area contributed by atoms with Crippen LogP contribution in [0.15, 0.2) is 18.2 Å². The van der Waals surface area contributed by atoms with Crippen LogP contribution in [-0.4, -0.2) is 30.5 Å². The molecular weight excluding hydrogens is 220 g/mol. The van der Waals surface area contributed by atoms with Crippen molar-refractivity contribution in [2.75, 3.05) is 23.8 Å². The summed E-state index contributed by atoms with van der Waals surface area (Å²) in [7, 11) is 0. The number of ether oxygens (including phenoxy) is 1. The summed E-state index contributed by atoms with van der Waals surface area (Å²) in [6, 6.07) is 4.74. The SMILES string of the molecule is CCN(c1cc(C(=O)O)ccc1N)[C@@H]1CCO1. The highest BCUT2D eigenvalue weighted by molar-refractivity contribution is 5.90. The first-order valence-corrected chi connectivity index (χ1v) is 5.64. The summed E-state index contributed by atoms with van der Waals surface area (Å²) < 4.78 is 5.42. The monoisotopic (exact) mass is 236 g/mol. The molecule has 0 bridgehead atoms. The van der Waals surface area contributed by atoms with Crippen LogP contribution < -0.4 is 10.6 Å². The van der Waals surface area contributed by atoms with E-state index in [4.69, 9.17) is 15.6 Å². The van der Waals surface area contributed by atoms with Gasteiger partial charge in [-0.05, 0) is 25.1 Å². The van der Waals surface area contributed by atoms with Crippen LogP contribution in [0.2, 0.25) is 0 Å². The average molecular weight is 236 g/mol. The minimum Gasteiger partial charge on any atom is -0.478 e. The van der Waals surface area contributed by atoms with Crippen molar-refractivity contribution >= 4 is 17.3 Å². The molecule has 0 aromatic heterocycles. The number of benzene rings is 1. The molecule has 1 aromatic carbocycles. The predicted octanol–water partition coefficient (Wildman–Crippen LogP) is 1.54. The Morgan fingerprint density at radius 3 is 2.82 bits per heavy atom. The average Bonchev–Trinajstić information content (AvgIpc) is 2.24. The second kappa shape index (κ2) is 4.63. The van der Waals surface area contributed by atoms with E-state index in [9.17, 15) is 4.79 Å². The fourth-order valence-corrected chi connectivity index (χ4v) is 1.92. The van der Waals surface area contributed by atoms with Gasteiger partial charge in [-0.2, -0.15) is 0 Å². The van der Waals surface area contributed by atoms with Crippen LogP contribution in [-0.2, 0) is 4.74 Å². The molecular formula is C12H16N2O3. The minimum atomic E-state index is -0.947. The fourth-order valence-electron chi connectivity index (χ4n) is 1.92. The van der Waals surface area contributed by atoms with Crippen molar-refractivity contribution in [1.82, 2.24) is 0 Å². The van der Waals surface area contributed by atoms with Crippen LogP contribution in [0.1, 0.15) is 23.7 Å². The lowest BCUT2D eigenvalue weighted by molar-refractivity contribution is -0.0505. The zero-order valence-corrected chi connectivity index (χ0v) is 9.72. The number of nitrogen functional groups attached to an aromatic ring is 1. The number of nitrogens with zero attached hydrogens (tertiary/aromatic N) is 1. The first-order valence-electron chi connectivity index (χ1n) is 5.64. The summed E-state index contributed by atoms with van der Waals surface area (Å²) >= 11 is 0. The van der Waals surface area contributed by atoms with Crippen molar-refractivity contribution in [2.45, 2.75) is 19.6 Å². The van der Waals surface area contributed by atoms with Gasteiger partial charge in [0.05, 0.1) is 23.5 Å². The Hall–Kier alpha value is -1.75. The normalized spacial score (nSPS) is 18.5. The zero-order chi connectivity index (χ0) is 12.4.